The predicted octanol–water partition coefficient (Wildman–Crippen LogP) is 6.18. The number of carbonyl (C=O) groups is 2. The fourth-order valence-electron chi connectivity index (χ4n) is 3.29. The Kier molecular flexibility index (Phi) is 8.96. The van der Waals surface area contributed by atoms with E-state index in [1.165, 1.54) is 19.3 Å². The molecule has 0 heterocycles. The number of nitrogens with zero attached hydrogens (tertiary/aromatic N) is 1. The lowest BCUT2D eigenvalue weighted by Crippen LogP contribution is -2.20. The maximum atomic E-state index is 12.7. The molecule has 3 aromatic carbocycles. The predicted molar refractivity (Wildman–Crippen MR) is 142 cm³/mol. The molecule has 0 aliphatic heterocycles. The number of ether oxygens (including phenoxy) is 2. The van der Waals surface area contributed by atoms with Crippen molar-refractivity contribution in [3.8, 4) is 17.6 Å². The summed E-state index contributed by atoms with van der Waals surface area (Å²) in [4.78, 5) is 25.0. The Labute approximate surface area is 219 Å². The number of methoxy groups -OCH3 is 1. The molecule has 0 aliphatic carbocycles. The standard InChI is InChI=1S/C27H23Cl2N3O4/c1-16-4-9-23(17(2)10-16)32-27(34)19(14-30)11-18-12-22(29)26(24(13-18)35-3)36-15-25(33)31-21-7-5-20(28)6-8-21/h4-13H,15H2,1-3H3,(H,31,33)(H,32,34)/b19-11+. The molecule has 36 heavy (non-hydrogen) atoms. The van der Waals surface area contributed by atoms with Gasteiger partial charge in [-0.05, 0) is 73.5 Å². The normalized spacial score (nSPS) is 10.8. The van der Waals surface area contributed by atoms with Gasteiger partial charge >= 0.3 is 0 Å². The number of rotatable bonds is 8. The second-order valence-corrected chi connectivity index (χ2v) is 8.66. The van der Waals surface area contributed by atoms with Gasteiger partial charge in [-0.2, -0.15) is 5.26 Å². The first-order valence-electron chi connectivity index (χ1n) is 10.8. The van der Waals surface area contributed by atoms with Crippen LogP contribution in [0.25, 0.3) is 6.08 Å². The highest BCUT2D eigenvalue weighted by Crippen LogP contribution is 2.37. The van der Waals surface area contributed by atoms with Crippen LogP contribution in [-0.4, -0.2) is 25.5 Å². The molecule has 0 fully saturated rings. The van der Waals surface area contributed by atoms with Crippen molar-refractivity contribution < 1.29 is 19.1 Å². The highest BCUT2D eigenvalue weighted by Gasteiger charge is 2.16. The van der Waals surface area contributed by atoms with E-state index in [0.717, 1.165) is 11.1 Å². The molecule has 0 bridgehead atoms. The fourth-order valence-corrected chi connectivity index (χ4v) is 3.69. The number of benzene rings is 3. The summed E-state index contributed by atoms with van der Waals surface area (Å²) in [7, 11) is 1.41. The van der Waals surface area contributed by atoms with E-state index in [1.54, 1.807) is 36.4 Å². The van der Waals surface area contributed by atoms with E-state index in [0.29, 0.717) is 22.0 Å². The highest BCUT2D eigenvalue weighted by atomic mass is 35.5. The number of nitriles is 1. The van der Waals surface area contributed by atoms with E-state index in [2.05, 4.69) is 10.6 Å². The molecule has 184 valence electrons. The van der Waals surface area contributed by atoms with Crippen LogP contribution in [0, 0.1) is 25.2 Å². The van der Waals surface area contributed by atoms with Gasteiger partial charge in [0.2, 0.25) is 0 Å². The van der Waals surface area contributed by atoms with Crippen LogP contribution >= 0.6 is 23.2 Å². The van der Waals surface area contributed by atoms with Crippen LogP contribution in [0.5, 0.6) is 11.5 Å². The topological polar surface area (TPSA) is 100 Å². The van der Waals surface area contributed by atoms with Crippen LogP contribution in [0.2, 0.25) is 10.0 Å². The molecule has 0 radical (unpaired) electrons. The molecule has 7 nitrogen and oxygen atoms in total. The largest absolute Gasteiger partial charge is 0.493 e. The van der Waals surface area contributed by atoms with E-state index < -0.39 is 11.8 Å². The van der Waals surface area contributed by atoms with Crippen molar-refractivity contribution in [2.24, 2.45) is 0 Å². The summed E-state index contributed by atoms with van der Waals surface area (Å²) in [5.74, 6) is -0.575. The maximum absolute atomic E-state index is 12.7. The van der Waals surface area contributed by atoms with Gasteiger partial charge in [-0.3, -0.25) is 9.59 Å². The first-order chi connectivity index (χ1) is 17.2. The van der Waals surface area contributed by atoms with Gasteiger partial charge in [0.1, 0.15) is 11.6 Å². The summed E-state index contributed by atoms with van der Waals surface area (Å²) in [5.41, 5.74) is 3.45. The SMILES string of the molecule is COc1cc(/C=C(\C#N)C(=O)Nc2ccc(C)cc2C)cc(Cl)c1OCC(=O)Nc1ccc(Cl)cc1. The van der Waals surface area contributed by atoms with Crippen molar-refractivity contribution in [3.63, 3.8) is 0 Å². The smallest absolute Gasteiger partial charge is 0.266 e. The van der Waals surface area contributed by atoms with Crippen LogP contribution in [0.15, 0.2) is 60.2 Å². The van der Waals surface area contributed by atoms with E-state index in [9.17, 15) is 14.9 Å². The molecular weight excluding hydrogens is 501 g/mol. The molecule has 3 aromatic rings. The summed E-state index contributed by atoms with van der Waals surface area (Å²) in [6.07, 6.45) is 1.39. The Bertz CT molecular complexity index is 1360. The number of hydrogen-bond donors (Lipinski definition) is 2. The molecule has 0 spiro atoms. The second kappa shape index (κ2) is 12.1. The fraction of sp³-hybridized carbons (Fsp3) is 0.148. The minimum atomic E-state index is -0.557. The second-order valence-electron chi connectivity index (χ2n) is 7.82. The van der Waals surface area contributed by atoms with Crippen LogP contribution in [-0.2, 0) is 9.59 Å². The Morgan fingerprint density at radius 1 is 1.03 bits per heavy atom. The van der Waals surface area contributed by atoms with Crippen molar-refractivity contribution in [2.75, 3.05) is 24.4 Å². The van der Waals surface area contributed by atoms with E-state index in [1.807, 2.05) is 32.0 Å². The maximum Gasteiger partial charge on any atom is 0.266 e. The van der Waals surface area contributed by atoms with Crippen molar-refractivity contribution >= 4 is 52.5 Å². The van der Waals surface area contributed by atoms with Gasteiger partial charge in [-0.25, -0.2) is 0 Å². The van der Waals surface area contributed by atoms with Gasteiger partial charge < -0.3 is 20.1 Å². The monoisotopic (exact) mass is 523 g/mol. The molecule has 0 saturated heterocycles. The van der Waals surface area contributed by atoms with Gasteiger partial charge in [-0.15, -0.1) is 0 Å². The Hall–Kier alpha value is -3.99. The third kappa shape index (κ3) is 7.01. The zero-order chi connectivity index (χ0) is 26.2. The number of hydrogen-bond acceptors (Lipinski definition) is 5. The quantitative estimate of drug-likeness (QED) is 0.271. The van der Waals surface area contributed by atoms with Crippen LogP contribution in [0.1, 0.15) is 16.7 Å². The van der Waals surface area contributed by atoms with Gasteiger partial charge in [0.25, 0.3) is 11.8 Å². The average Bonchev–Trinajstić information content (AvgIpc) is 2.84. The summed E-state index contributed by atoms with van der Waals surface area (Å²) < 4.78 is 11.0. The van der Waals surface area contributed by atoms with Gasteiger partial charge in [0, 0.05) is 16.4 Å². The highest BCUT2D eigenvalue weighted by molar-refractivity contribution is 6.32. The number of carbonyl (C=O) groups excluding carboxylic acids is 2. The summed E-state index contributed by atoms with van der Waals surface area (Å²) in [5, 5.41) is 15.7. The molecule has 0 atom stereocenters. The summed E-state index contributed by atoms with van der Waals surface area (Å²) >= 11 is 12.2. The molecule has 0 unspecified atom stereocenters. The lowest BCUT2D eigenvalue weighted by molar-refractivity contribution is -0.118. The van der Waals surface area contributed by atoms with Crippen molar-refractivity contribution in [3.05, 3.63) is 86.9 Å². The molecule has 0 saturated carbocycles. The van der Waals surface area contributed by atoms with Gasteiger partial charge in [-0.1, -0.05) is 40.9 Å². The molecule has 9 heteroatoms. The minimum absolute atomic E-state index is 0.121. The van der Waals surface area contributed by atoms with Crippen LogP contribution in [0.4, 0.5) is 11.4 Å². The number of aryl methyl sites for hydroxylation is 2. The summed E-state index contributed by atoms with van der Waals surface area (Å²) in [6, 6.07) is 17.2. The average molecular weight is 524 g/mol. The lowest BCUT2D eigenvalue weighted by Gasteiger charge is -2.14. The number of halogens is 2. The lowest BCUT2D eigenvalue weighted by atomic mass is 10.1. The Morgan fingerprint density at radius 3 is 2.39 bits per heavy atom. The van der Waals surface area contributed by atoms with E-state index in [-0.39, 0.29) is 28.7 Å². The Morgan fingerprint density at radius 2 is 1.75 bits per heavy atom. The first-order valence-corrected chi connectivity index (χ1v) is 11.5. The molecule has 0 aromatic heterocycles. The van der Waals surface area contributed by atoms with E-state index in [4.69, 9.17) is 32.7 Å². The first kappa shape index (κ1) is 26.6. The number of nitrogens with one attached hydrogen (secondary N) is 2. The van der Waals surface area contributed by atoms with E-state index >= 15 is 0 Å². The zero-order valence-electron chi connectivity index (χ0n) is 19.8. The summed E-state index contributed by atoms with van der Waals surface area (Å²) in [6.45, 7) is 3.50. The third-order valence-electron chi connectivity index (χ3n) is 5.03. The van der Waals surface area contributed by atoms with Crippen LogP contribution in [0.3, 0.4) is 0 Å². The molecule has 2 N–H and O–H groups in total. The van der Waals surface area contributed by atoms with Gasteiger partial charge in [0.05, 0.1) is 12.1 Å². The van der Waals surface area contributed by atoms with Gasteiger partial charge in [0.15, 0.2) is 18.1 Å². The Balaban J connectivity index is 1.74. The van der Waals surface area contributed by atoms with Crippen molar-refractivity contribution in [2.45, 2.75) is 13.8 Å². The molecule has 2 amide bonds. The third-order valence-corrected chi connectivity index (χ3v) is 5.57. The number of amides is 2. The minimum Gasteiger partial charge on any atom is -0.493 e. The molecule has 0 aliphatic rings. The van der Waals surface area contributed by atoms with Crippen LogP contribution < -0.4 is 20.1 Å². The van der Waals surface area contributed by atoms with Crippen molar-refractivity contribution in [1.82, 2.24) is 0 Å². The molecular formula is C27H23Cl2N3O4. The van der Waals surface area contributed by atoms with Crippen molar-refractivity contribution in [1.29, 1.82) is 5.26 Å². The zero-order valence-corrected chi connectivity index (χ0v) is 21.3. The number of anilines is 2. The molecule has 3 rings (SSSR count).